The molecular weight excluding hydrogens is 259 g/mol. The molecule has 0 aliphatic rings. The number of hydrogen-bond donors (Lipinski definition) is 3. The van der Waals surface area contributed by atoms with E-state index in [0.717, 1.165) is 13.0 Å². The molecule has 8 heteroatoms. The summed E-state index contributed by atoms with van der Waals surface area (Å²) in [7, 11) is 0. The summed E-state index contributed by atoms with van der Waals surface area (Å²) in [6.45, 7) is 2.05. The Kier molecular flexibility index (Phi) is 4.05. The molecule has 19 heavy (non-hydrogen) atoms. The number of nitrogens with zero attached hydrogens (tertiary/aromatic N) is 1. The summed E-state index contributed by atoms with van der Waals surface area (Å²) in [5, 5.41) is 31.2. The molecule has 0 fully saturated rings. The summed E-state index contributed by atoms with van der Waals surface area (Å²) in [5.74, 6) is -2.35. The average Bonchev–Trinajstić information content (AvgIpc) is 2.29. The minimum atomic E-state index is -2.07. The number of carbonyl (C=O) groups is 1. The van der Waals surface area contributed by atoms with Crippen molar-refractivity contribution < 1.29 is 24.3 Å². The van der Waals surface area contributed by atoms with Gasteiger partial charge >= 0.3 is 5.97 Å². The highest BCUT2D eigenvalue weighted by Crippen LogP contribution is 2.25. The number of rotatable bonds is 5. The number of carboxylic acids is 1. The number of aliphatic hydroxyl groups is 1. The van der Waals surface area contributed by atoms with Crippen LogP contribution < -0.4 is 5.32 Å². The Hall–Kier alpha value is -2.22. The lowest BCUT2D eigenvalue weighted by molar-refractivity contribution is -0.385. The Morgan fingerprint density at radius 1 is 1.58 bits per heavy atom. The minimum absolute atomic E-state index is 0.107. The summed E-state index contributed by atoms with van der Waals surface area (Å²) < 4.78 is 13.6. The van der Waals surface area contributed by atoms with Gasteiger partial charge in [-0.3, -0.25) is 10.1 Å². The van der Waals surface area contributed by atoms with E-state index in [0.29, 0.717) is 0 Å². The summed E-state index contributed by atoms with van der Waals surface area (Å²) in [6.07, 6.45) is 0. The number of nitro groups is 1. The molecule has 1 rings (SSSR count). The van der Waals surface area contributed by atoms with Crippen molar-refractivity contribution in [3.8, 4) is 0 Å². The smallest absolute Gasteiger partial charge is 0.337 e. The van der Waals surface area contributed by atoms with Gasteiger partial charge in [0.15, 0.2) is 11.4 Å². The van der Waals surface area contributed by atoms with Gasteiger partial charge in [-0.2, -0.15) is 0 Å². The fraction of sp³-hybridized carbons (Fsp3) is 0.364. The minimum Gasteiger partial charge on any atom is -0.479 e. The lowest BCUT2D eigenvalue weighted by Crippen LogP contribution is -2.41. The van der Waals surface area contributed by atoms with Gasteiger partial charge in [0.05, 0.1) is 23.2 Å². The standard InChI is InChI=1S/C11H13FN2O5/c1-6-3-8(7(12)4-9(6)14(18)19)13-5-11(2,17)10(15)16/h3-4,13,17H,5H2,1-2H3,(H,15,16). The maximum Gasteiger partial charge on any atom is 0.337 e. The van der Waals surface area contributed by atoms with Crippen LogP contribution in [0.15, 0.2) is 12.1 Å². The monoisotopic (exact) mass is 272 g/mol. The average molecular weight is 272 g/mol. The van der Waals surface area contributed by atoms with Crippen LogP contribution in [0.5, 0.6) is 0 Å². The second-order valence-electron chi connectivity index (χ2n) is 4.31. The van der Waals surface area contributed by atoms with Gasteiger partial charge in [-0.25, -0.2) is 9.18 Å². The van der Waals surface area contributed by atoms with Gasteiger partial charge in [0.1, 0.15) is 0 Å². The number of nitrogens with one attached hydrogen (secondary N) is 1. The van der Waals surface area contributed by atoms with Crippen LogP contribution in [0.25, 0.3) is 0 Å². The van der Waals surface area contributed by atoms with E-state index >= 15 is 0 Å². The lowest BCUT2D eigenvalue weighted by atomic mass is 10.1. The van der Waals surface area contributed by atoms with Crippen LogP contribution in [-0.4, -0.2) is 33.3 Å². The molecular formula is C11H13FN2O5. The molecule has 0 spiro atoms. The number of aryl methyl sites for hydroxylation is 1. The fourth-order valence-electron chi connectivity index (χ4n) is 1.35. The highest BCUT2D eigenvalue weighted by molar-refractivity contribution is 5.77. The Morgan fingerprint density at radius 2 is 2.16 bits per heavy atom. The van der Waals surface area contributed by atoms with Crippen LogP contribution in [-0.2, 0) is 4.79 Å². The van der Waals surface area contributed by atoms with Gasteiger partial charge < -0.3 is 15.5 Å². The van der Waals surface area contributed by atoms with E-state index in [-0.39, 0.29) is 16.9 Å². The topological polar surface area (TPSA) is 113 Å². The van der Waals surface area contributed by atoms with Crippen LogP contribution in [0.2, 0.25) is 0 Å². The fourth-order valence-corrected chi connectivity index (χ4v) is 1.35. The maximum atomic E-state index is 13.6. The molecule has 1 atom stereocenters. The first-order valence-electron chi connectivity index (χ1n) is 5.29. The molecule has 0 radical (unpaired) electrons. The Morgan fingerprint density at radius 3 is 2.63 bits per heavy atom. The van der Waals surface area contributed by atoms with E-state index in [9.17, 15) is 24.4 Å². The number of hydrogen-bond acceptors (Lipinski definition) is 5. The maximum absolute atomic E-state index is 13.6. The summed E-state index contributed by atoms with van der Waals surface area (Å²) in [4.78, 5) is 20.5. The van der Waals surface area contributed by atoms with E-state index in [1.165, 1.54) is 13.0 Å². The zero-order valence-electron chi connectivity index (χ0n) is 10.3. The first-order chi connectivity index (χ1) is 8.65. The van der Waals surface area contributed by atoms with Crippen molar-refractivity contribution in [3.05, 3.63) is 33.6 Å². The normalized spacial score (nSPS) is 13.7. The third-order valence-electron chi connectivity index (χ3n) is 2.57. The molecule has 0 saturated carbocycles. The van der Waals surface area contributed by atoms with Crippen molar-refractivity contribution in [3.63, 3.8) is 0 Å². The molecule has 3 N–H and O–H groups in total. The third kappa shape index (κ3) is 3.38. The van der Waals surface area contributed by atoms with E-state index in [1.54, 1.807) is 0 Å². The first-order valence-corrected chi connectivity index (χ1v) is 5.29. The molecule has 0 aromatic heterocycles. The van der Waals surface area contributed by atoms with E-state index < -0.39 is 28.9 Å². The zero-order chi connectivity index (χ0) is 14.8. The van der Waals surface area contributed by atoms with Crippen LogP contribution in [0.4, 0.5) is 15.8 Å². The Labute approximate surface area is 107 Å². The highest BCUT2D eigenvalue weighted by atomic mass is 19.1. The van der Waals surface area contributed by atoms with E-state index in [2.05, 4.69) is 5.32 Å². The third-order valence-corrected chi connectivity index (χ3v) is 2.57. The molecule has 1 aromatic carbocycles. The molecule has 1 unspecified atom stereocenters. The van der Waals surface area contributed by atoms with E-state index in [1.807, 2.05) is 0 Å². The van der Waals surface area contributed by atoms with Gasteiger partial charge in [-0.15, -0.1) is 0 Å². The second kappa shape index (κ2) is 5.19. The Balaban J connectivity index is 2.95. The molecule has 0 saturated heterocycles. The highest BCUT2D eigenvalue weighted by Gasteiger charge is 2.30. The zero-order valence-corrected chi connectivity index (χ0v) is 10.3. The van der Waals surface area contributed by atoms with Crippen molar-refractivity contribution >= 4 is 17.3 Å². The van der Waals surface area contributed by atoms with Crippen LogP contribution in [0.3, 0.4) is 0 Å². The van der Waals surface area contributed by atoms with E-state index in [4.69, 9.17) is 5.11 Å². The van der Waals surface area contributed by atoms with Gasteiger partial charge in [-0.05, 0) is 19.9 Å². The van der Waals surface area contributed by atoms with Crippen molar-refractivity contribution in [2.24, 2.45) is 0 Å². The van der Waals surface area contributed by atoms with Crippen molar-refractivity contribution in [1.82, 2.24) is 0 Å². The summed E-state index contributed by atoms with van der Waals surface area (Å²) in [5.41, 5.74) is -2.32. The van der Waals surface area contributed by atoms with Gasteiger partial charge in [0, 0.05) is 5.56 Å². The number of benzene rings is 1. The molecule has 104 valence electrons. The van der Waals surface area contributed by atoms with Gasteiger partial charge in [0.2, 0.25) is 0 Å². The number of aliphatic carboxylic acids is 1. The quantitative estimate of drug-likeness (QED) is 0.550. The van der Waals surface area contributed by atoms with Crippen molar-refractivity contribution in [2.45, 2.75) is 19.4 Å². The predicted octanol–water partition coefficient (Wildman–Crippen LogP) is 1.29. The van der Waals surface area contributed by atoms with Crippen LogP contribution >= 0.6 is 0 Å². The molecule has 0 aliphatic heterocycles. The molecule has 0 bridgehead atoms. The molecule has 0 amide bonds. The molecule has 0 heterocycles. The second-order valence-corrected chi connectivity index (χ2v) is 4.31. The Bertz CT molecular complexity index is 530. The van der Waals surface area contributed by atoms with Crippen molar-refractivity contribution in [2.75, 3.05) is 11.9 Å². The number of halogens is 1. The largest absolute Gasteiger partial charge is 0.479 e. The molecule has 1 aromatic rings. The molecule has 7 nitrogen and oxygen atoms in total. The lowest BCUT2D eigenvalue weighted by Gasteiger charge is -2.19. The predicted molar refractivity (Wildman–Crippen MR) is 64.5 cm³/mol. The first kappa shape index (κ1) is 14.8. The van der Waals surface area contributed by atoms with Gasteiger partial charge in [-0.1, -0.05) is 0 Å². The van der Waals surface area contributed by atoms with Gasteiger partial charge in [0.25, 0.3) is 5.69 Å². The number of carboxylic acid groups (broad SMARTS) is 1. The van der Waals surface area contributed by atoms with Crippen LogP contribution in [0.1, 0.15) is 12.5 Å². The number of anilines is 1. The van der Waals surface area contributed by atoms with Crippen molar-refractivity contribution in [1.29, 1.82) is 0 Å². The summed E-state index contributed by atoms with van der Waals surface area (Å²) in [6, 6.07) is 1.93. The number of nitro benzene ring substituents is 1. The molecule has 0 aliphatic carbocycles. The SMILES string of the molecule is Cc1cc(NCC(C)(O)C(=O)O)c(F)cc1[N+](=O)[O-]. The summed E-state index contributed by atoms with van der Waals surface area (Å²) >= 11 is 0. The van der Waals surface area contributed by atoms with Crippen LogP contribution in [0, 0.1) is 22.9 Å².